The molecule has 0 aromatic heterocycles. The smallest absolute Gasteiger partial charge is 0.243 e. The van der Waals surface area contributed by atoms with Gasteiger partial charge < -0.3 is 10.1 Å². The van der Waals surface area contributed by atoms with E-state index in [4.69, 9.17) is 16.3 Å². The number of piperidine rings is 1. The summed E-state index contributed by atoms with van der Waals surface area (Å²) in [6, 6.07) is 8.35. The zero-order chi connectivity index (χ0) is 22.8. The summed E-state index contributed by atoms with van der Waals surface area (Å²) in [5.74, 6) is -0.175. The number of carbonyl (C=O) groups excluding carboxylic acids is 1. The highest BCUT2D eigenvalue weighted by molar-refractivity contribution is 9.10. The Morgan fingerprint density at radius 1 is 1.32 bits per heavy atom. The predicted molar refractivity (Wildman–Crippen MR) is 126 cm³/mol. The second-order valence-electron chi connectivity index (χ2n) is 7.60. The van der Waals surface area contributed by atoms with Gasteiger partial charge in [0.05, 0.1) is 22.9 Å². The lowest BCUT2D eigenvalue weighted by Crippen LogP contribution is -2.43. The Kier molecular flexibility index (Phi) is 7.68. The number of aryl methyl sites for hydroxylation is 2. The number of hydrogen-bond acceptors (Lipinski definition) is 4. The molecule has 9 heteroatoms. The van der Waals surface area contributed by atoms with Crippen LogP contribution in [0.1, 0.15) is 30.9 Å². The van der Waals surface area contributed by atoms with Crippen LogP contribution >= 0.6 is 27.5 Å². The lowest BCUT2D eigenvalue weighted by molar-refractivity contribution is -0.120. The van der Waals surface area contributed by atoms with E-state index in [1.807, 2.05) is 26.0 Å². The van der Waals surface area contributed by atoms with Crippen LogP contribution < -0.4 is 10.1 Å². The largest absolute Gasteiger partial charge is 0.495 e. The van der Waals surface area contributed by atoms with Gasteiger partial charge in [0.1, 0.15) is 5.75 Å². The van der Waals surface area contributed by atoms with Crippen LogP contribution in [0.25, 0.3) is 0 Å². The second kappa shape index (κ2) is 9.90. The summed E-state index contributed by atoms with van der Waals surface area (Å²) in [7, 11) is -2.30. The highest BCUT2D eigenvalue weighted by Crippen LogP contribution is 2.31. The van der Waals surface area contributed by atoms with Crippen molar-refractivity contribution < 1.29 is 17.9 Å². The molecule has 0 spiro atoms. The fraction of sp³-hybridized carbons (Fsp3) is 0.409. The van der Waals surface area contributed by atoms with E-state index < -0.39 is 15.9 Å². The second-order valence-corrected chi connectivity index (χ2v) is 10.9. The average Bonchev–Trinajstić information content (AvgIpc) is 2.75. The van der Waals surface area contributed by atoms with Crippen LogP contribution in [0.15, 0.2) is 39.7 Å². The molecule has 2 aromatic carbocycles. The zero-order valence-corrected chi connectivity index (χ0v) is 20.9. The van der Waals surface area contributed by atoms with Gasteiger partial charge in [-0.1, -0.05) is 34.5 Å². The first-order valence-electron chi connectivity index (χ1n) is 10.1. The zero-order valence-electron chi connectivity index (χ0n) is 17.7. The van der Waals surface area contributed by atoms with E-state index in [1.165, 1.54) is 29.6 Å². The molecule has 2 aromatic rings. The van der Waals surface area contributed by atoms with Crippen LogP contribution in [0.5, 0.6) is 5.75 Å². The molecule has 1 amide bonds. The van der Waals surface area contributed by atoms with Gasteiger partial charge in [-0.2, -0.15) is 4.31 Å². The van der Waals surface area contributed by atoms with Crippen molar-refractivity contribution in [1.29, 1.82) is 0 Å². The Labute approximate surface area is 197 Å². The maximum absolute atomic E-state index is 13.1. The first-order valence-corrected chi connectivity index (χ1v) is 12.7. The summed E-state index contributed by atoms with van der Waals surface area (Å²) in [4.78, 5) is 13.1. The highest BCUT2D eigenvalue weighted by Gasteiger charge is 2.34. The minimum Gasteiger partial charge on any atom is -0.495 e. The number of sulfonamides is 1. The Bertz CT molecular complexity index is 1090. The van der Waals surface area contributed by atoms with Crippen LogP contribution in [-0.4, -0.2) is 38.8 Å². The first kappa shape index (κ1) is 24.0. The number of anilines is 1. The summed E-state index contributed by atoms with van der Waals surface area (Å²) in [5, 5.41) is 3.27. The van der Waals surface area contributed by atoms with Gasteiger partial charge in [-0.05, 0) is 67.6 Å². The lowest BCUT2D eigenvalue weighted by Gasteiger charge is -2.31. The summed E-state index contributed by atoms with van der Waals surface area (Å²) in [5.41, 5.74) is 2.80. The lowest BCUT2D eigenvalue weighted by atomic mass is 9.98. The molecular formula is C22H26BrClN2O4S. The van der Waals surface area contributed by atoms with Crippen molar-refractivity contribution in [3.63, 3.8) is 0 Å². The molecule has 0 radical (unpaired) electrons. The molecule has 1 aliphatic heterocycles. The van der Waals surface area contributed by atoms with Crippen molar-refractivity contribution in [2.24, 2.45) is 5.92 Å². The van der Waals surface area contributed by atoms with E-state index in [-0.39, 0.29) is 22.4 Å². The van der Waals surface area contributed by atoms with Gasteiger partial charge in [0.25, 0.3) is 0 Å². The average molecular weight is 530 g/mol. The minimum absolute atomic E-state index is 0.0939. The normalized spacial score (nSPS) is 17.4. The third kappa shape index (κ3) is 5.25. The maximum Gasteiger partial charge on any atom is 0.243 e. The number of carbonyl (C=O) groups is 1. The van der Waals surface area contributed by atoms with E-state index >= 15 is 0 Å². The van der Waals surface area contributed by atoms with E-state index in [2.05, 4.69) is 21.2 Å². The van der Waals surface area contributed by atoms with E-state index in [1.54, 1.807) is 0 Å². The molecule has 0 aliphatic carbocycles. The Hall–Kier alpha value is -1.61. The van der Waals surface area contributed by atoms with Gasteiger partial charge in [0.2, 0.25) is 15.9 Å². The molecule has 1 saturated heterocycles. The van der Waals surface area contributed by atoms with Crippen molar-refractivity contribution >= 4 is 49.1 Å². The number of nitrogens with zero attached hydrogens (tertiary/aromatic N) is 1. The fourth-order valence-corrected chi connectivity index (χ4v) is 6.32. The summed E-state index contributed by atoms with van der Waals surface area (Å²) in [6.07, 6.45) is 2.03. The summed E-state index contributed by atoms with van der Waals surface area (Å²) >= 11 is 9.62. The van der Waals surface area contributed by atoms with Gasteiger partial charge in [-0.3, -0.25) is 4.79 Å². The molecule has 1 atom stereocenters. The maximum atomic E-state index is 13.1. The van der Waals surface area contributed by atoms with Crippen molar-refractivity contribution in [2.45, 2.75) is 38.0 Å². The molecule has 0 saturated carbocycles. The van der Waals surface area contributed by atoms with Crippen LogP contribution in [-0.2, 0) is 21.2 Å². The number of hydrogen-bond donors (Lipinski definition) is 1. The molecular weight excluding hydrogens is 504 g/mol. The quantitative estimate of drug-likeness (QED) is 0.570. The highest BCUT2D eigenvalue weighted by atomic mass is 79.9. The Balaban J connectivity index is 1.79. The number of nitrogens with one attached hydrogen (secondary N) is 1. The molecule has 168 valence electrons. The van der Waals surface area contributed by atoms with Gasteiger partial charge in [0.15, 0.2) is 0 Å². The number of benzene rings is 2. The van der Waals surface area contributed by atoms with E-state index in [0.29, 0.717) is 25.1 Å². The third-order valence-electron chi connectivity index (χ3n) is 5.53. The number of ether oxygens (including phenoxy) is 1. The molecule has 1 fully saturated rings. The van der Waals surface area contributed by atoms with Crippen LogP contribution in [0.4, 0.5) is 5.69 Å². The van der Waals surface area contributed by atoms with E-state index in [9.17, 15) is 13.2 Å². The van der Waals surface area contributed by atoms with Gasteiger partial charge >= 0.3 is 0 Å². The van der Waals surface area contributed by atoms with Gasteiger partial charge in [-0.15, -0.1) is 0 Å². The summed E-state index contributed by atoms with van der Waals surface area (Å²) < 4.78 is 33.7. The molecule has 3 rings (SSSR count). The predicted octanol–water partition coefficient (Wildman–Crippen LogP) is 5.02. The molecule has 1 heterocycles. The number of rotatable bonds is 6. The van der Waals surface area contributed by atoms with Crippen molar-refractivity contribution in [2.75, 3.05) is 25.5 Å². The van der Waals surface area contributed by atoms with Gasteiger partial charge in [-0.25, -0.2) is 8.42 Å². The molecule has 1 aliphatic rings. The molecule has 31 heavy (non-hydrogen) atoms. The van der Waals surface area contributed by atoms with E-state index in [0.717, 1.165) is 27.7 Å². The first-order chi connectivity index (χ1) is 14.7. The topological polar surface area (TPSA) is 75.7 Å². The third-order valence-corrected chi connectivity index (χ3v) is 8.14. The molecule has 6 nitrogen and oxygen atoms in total. The monoisotopic (exact) mass is 528 g/mol. The Morgan fingerprint density at radius 3 is 2.71 bits per heavy atom. The summed E-state index contributed by atoms with van der Waals surface area (Å²) in [6.45, 7) is 4.48. The minimum atomic E-state index is -3.77. The number of methoxy groups -OCH3 is 1. The van der Waals surface area contributed by atoms with Gasteiger partial charge in [0, 0.05) is 23.2 Å². The van der Waals surface area contributed by atoms with Crippen molar-refractivity contribution in [1.82, 2.24) is 4.31 Å². The molecule has 1 N–H and O–H groups in total. The number of halogens is 2. The Morgan fingerprint density at radius 2 is 2.06 bits per heavy atom. The van der Waals surface area contributed by atoms with Crippen LogP contribution in [0.2, 0.25) is 5.02 Å². The fourth-order valence-electron chi connectivity index (χ4n) is 3.83. The SMILES string of the molecule is CCc1cc(Br)cc(C)c1NC(=O)[C@@H]1CCCN(S(=O)(=O)c2ccc(OC)c(Cl)c2)C1. The van der Waals surface area contributed by atoms with Crippen molar-refractivity contribution in [3.8, 4) is 5.75 Å². The standard InChI is InChI=1S/C22H26BrClN2O4S/c1-4-15-11-17(23)10-14(2)21(15)25-22(27)16-6-5-9-26(13-16)31(28,29)18-7-8-20(30-3)19(24)12-18/h7-8,10-12,16H,4-6,9,13H2,1-3H3,(H,25,27)/t16-/m1/s1. The molecule has 0 bridgehead atoms. The van der Waals surface area contributed by atoms with Crippen LogP contribution in [0, 0.1) is 12.8 Å². The number of amides is 1. The molecule has 0 unspecified atom stereocenters. The van der Waals surface area contributed by atoms with Crippen molar-refractivity contribution in [3.05, 3.63) is 51.0 Å². The van der Waals surface area contributed by atoms with Crippen LogP contribution in [0.3, 0.4) is 0 Å².